The van der Waals surface area contributed by atoms with Crippen molar-refractivity contribution in [2.24, 2.45) is 0 Å². The van der Waals surface area contributed by atoms with E-state index in [1.54, 1.807) is 35.8 Å². The zero-order valence-electron chi connectivity index (χ0n) is 10.5. The fraction of sp³-hybridized carbons (Fsp3) is 0.154. The topological polar surface area (TPSA) is 69.6 Å². The van der Waals surface area contributed by atoms with E-state index in [0.29, 0.717) is 28.4 Å². The summed E-state index contributed by atoms with van der Waals surface area (Å²) < 4.78 is 12.6. The molecule has 0 atom stereocenters. The molecular formula is C13H10BrN3O3. The van der Waals surface area contributed by atoms with Gasteiger partial charge in [0, 0.05) is 12.3 Å². The Morgan fingerprint density at radius 1 is 1.45 bits per heavy atom. The zero-order chi connectivity index (χ0) is 14.1. The predicted molar refractivity (Wildman–Crippen MR) is 74.3 cm³/mol. The Kier molecular flexibility index (Phi) is 3.27. The maximum Gasteiger partial charge on any atom is 0.358 e. The monoisotopic (exact) mass is 335 g/mol. The number of esters is 1. The van der Waals surface area contributed by atoms with E-state index in [1.807, 2.05) is 6.07 Å². The summed E-state index contributed by atoms with van der Waals surface area (Å²) in [6.45, 7) is 2.05. The third kappa shape index (κ3) is 2.20. The largest absolute Gasteiger partial charge is 0.461 e. The summed E-state index contributed by atoms with van der Waals surface area (Å²) in [5.74, 6) is 0.160. The molecule has 0 spiro atoms. The standard InChI is InChI=1S/C13H10BrN3O3/c1-2-19-13(18)8-7-12-15-6-5-9(17(12)16-8)10-3-4-11(14)20-10/h3-7H,2H2,1H3. The summed E-state index contributed by atoms with van der Waals surface area (Å²) >= 11 is 3.26. The number of carbonyl (C=O) groups is 1. The molecule has 0 radical (unpaired) electrons. The number of rotatable bonds is 3. The van der Waals surface area contributed by atoms with Crippen LogP contribution in [0.3, 0.4) is 0 Å². The number of furan rings is 1. The van der Waals surface area contributed by atoms with E-state index in [1.165, 1.54) is 0 Å². The van der Waals surface area contributed by atoms with Crippen LogP contribution >= 0.6 is 15.9 Å². The molecule has 0 unspecified atom stereocenters. The highest BCUT2D eigenvalue weighted by Gasteiger charge is 2.16. The third-order valence-corrected chi connectivity index (χ3v) is 3.09. The van der Waals surface area contributed by atoms with Gasteiger partial charge in [-0.1, -0.05) is 0 Å². The molecule has 0 amide bonds. The Labute approximate surface area is 122 Å². The summed E-state index contributed by atoms with van der Waals surface area (Å²) in [7, 11) is 0. The van der Waals surface area contributed by atoms with Crippen molar-refractivity contribution in [1.82, 2.24) is 14.6 Å². The summed E-state index contributed by atoms with van der Waals surface area (Å²) in [6.07, 6.45) is 1.64. The zero-order valence-corrected chi connectivity index (χ0v) is 12.1. The molecule has 0 aromatic carbocycles. The van der Waals surface area contributed by atoms with Gasteiger partial charge in [0.05, 0.1) is 6.61 Å². The molecule has 0 saturated heterocycles. The molecule has 0 fully saturated rings. The molecular weight excluding hydrogens is 326 g/mol. The summed E-state index contributed by atoms with van der Waals surface area (Å²) in [6, 6.07) is 6.95. The van der Waals surface area contributed by atoms with Gasteiger partial charge >= 0.3 is 5.97 Å². The smallest absolute Gasteiger partial charge is 0.358 e. The first-order valence-electron chi connectivity index (χ1n) is 5.96. The first kappa shape index (κ1) is 12.9. The van der Waals surface area contributed by atoms with E-state index in [0.717, 1.165) is 0 Å². The molecule has 3 rings (SSSR count). The molecule has 0 N–H and O–H groups in total. The Balaban J connectivity index is 2.12. The van der Waals surface area contributed by atoms with Crippen molar-refractivity contribution >= 4 is 27.5 Å². The second-order valence-corrected chi connectivity index (χ2v) is 4.74. The first-order chi connectivity index (χ1) is 9.69. The Hall–Kier alpha value is -2.15. The van der Waals surface area contributed by atoms with Crippen molar-refractivity contribution in [3.63, 3.8) is 0 Å². The van der Waals surface area contributed by atoms with Crippen LogP contribution in [0.15, 0.2) is 39.5 Å². The number of ether oxygens (including phenoxy) is 1. The van der Waals surface area contributed by atoms with Gasteiger partial charge in [-0.25, -0.2) is 14.3 Å². The Bertz CT molecular complexity index is 778. The van der Waals surface area contributed by atoms with Crippen LogP contribution in [0.1, 0.15) is 17.4 Å². The van der Waals surface area contributed by atoms with Crippen molar-refractivity contribution in [2.45, 2.75) is 6.92 Å². The van der Waals surface area contributed by atoms with Crippen LogP contribution in [0.25, 0.3) is 17.1 Å². The molecule has 0 saturated carbocycles. The van der Waals surface area contributed by atoms with Gasteiger partial charge in [0.25, 0.3) is 0 Å². The highest BCUT2D eigenvalue weighted by molar-refractivity contribution is 9.10. The van der Waals surface area contributed by atoms with Crippen LogP contribution in [-0.4, -0.2) is 27.2 Å². The van der Waals surface area contributed by atoms with Crippen LogP contribution < -0.4 is 0 Å². The van der Waals surface area contributed by atoms with E-state index < -0.39 is 5.97 Å². The molecule has 3 heterocycles. The number of carbonyl (C=O) groups excluding carboxylic acids is 1. The predicted octanol–water partition coefficient (Wildman–Crippen LogP) is 2.93. The lowest BCUT2D eigenvalue weighted by atomic mass is 10.3. The number of aromatic nitrogens is 3. The Morgan fingerprint density at radius 3 is 3.00 bits per heavy atom. The maximum atomic E-state index is 11.7. The van der Waals surface area contributed by atoms with Gasteiger partial charge in [0.2, 0.25) is 0 Å². The van der Waals surface area contributed by atoms with E-state index in [-0.39, 0.29) is 5.69 Å². The lowest BCUT2D eigenvalue weighted by molar-refractivity contribution is 0.0519. The van der Waals surface area contributed by atoms with Crippen LogP contribution in [0.2, 0.25) is 0 Å². The number of hydrogen-bond donors (Lipinski definition) is 0. The van der Waals surface area contributed by atoms with E-state index >= 15 is 0 Å². The highest BCUT2D eigenvalue weighted by atomic mass is 79.9. The lowest BCUT2D eigenvalue weighted by Crippen LogP contribution is -2.05. The minimum atomic E-state index is -0.468. The van der Waals surface area contributed by atoms with Gasteiger partial charge in [0.15, 0.2) is 21.8 Å². The molecule has 6 nitrogen and oxygen atoms in total. The average Bonchev–Trinajstić information content (AvgIpc) is 3.04. The number of halogens is 1. The molecule has 3 aromatic rings. The van der Waals surface area contributed by atoms with Crippen LogP contribution in [0, 0.1) is 0 Å². The van der Waals surface area contributed by atoms with Crippen molar-refractivity contribution in [3.8, 4) is 11.5 Å². The van der Waals surface area contributed by atoms with Crippen molar-refractivity contribution < 1.29 is 13.9 Å². The number of nitrogens with zero attached hydrogens (tertiary/aromatic N) is 3. The van der Waals surface area contributed by atoms with Crippen molar-refractivity contribution in [3.05, 3.63) is 40.8 Å². The summed E-state index contributed by atoms with van der Waals surface area (Å²) in [5, 5.41) is 4.22. The molecule has 0 aliphatic heterocycles. The van der Waals surface area contributed by atoms with E-state index in [4.69, 9.17) is 9.15 Å². The summed E-state index contributed by atoms with van der Waals surface area (Å²) in [5.41, 5.74) is 1.48. The fourth-order valence-electron chi connectivity index (χ4n) is 1.84. The molecule has 102 valence electrons. The normalized spacial score (nSPS) is 10.9. The molecule has 0 aliphatic carbocycles. The van der Waals surface area contributed by atoms with Crippen LogP contribution in [0.5, 0.6) is 0 Å². The van der Waals surface area contributed by atoms with Crippen molar-refractivity contribution in [1.29, 1.82) is 0 Å². The van der Waals surface area contributed by atoms with Gasteiger partial charge < -0.3 is 9.15 Å². The van der Waals surface area contributed by atoms with Crippen molar-refractivity contribution in [2.75, 3.05) is 6.61 Å². The maximum absolute atomic E-state index is 11.7. The second kappa shape index (κ2) is 5.09. The first-order valence-corrected chi connectivity index (χ1v) is 6.76. The average molecular weight is 336 g/mol. The fourth-order valence-corrected chi connectivity index (χ4v) is 2.15. The van der Waals surface area contributed by atoms with Gasteiger partial charge in [-0.05, 0) is 41.1 Å². The van der Waals surface area contributed by atoms with E-state index in [2.05, 4.69) is 26.0 Å². The molecule has 0 aliphatic rings. The summed E-state index contributed by atoms with van der Waals surface area (Å²) in [4.78, 5) is 15.9. The number of hydrogen-bond acceptors (Lipinski definition) is 5. The number of fused-ring (bicyclic) bond motifs is 1. The highest BCUT2D eigenvalue weighted by Crippen LogP contribution is 2.25. The third-order valence-electron chi connectivity index (χ3n) is 2.67. The SMILES string of the molecule is CCOC(=O)c1cc2nccc(-c3ccc(Br)o3)n2n1. The quantitative estimate of drug-likeness (QED) is 0.688. The van der Waals surface area contributed by atoms with Gasteiger partial charge in [0.1, 0.15) is 5.69 Å². The second-order valence-electron chi connectivity index (χ2n) is 3.95. The van der Waals surface area contributed by atoms with Gasteiger partial charge in [-0.3, -0.25) is 0 Å². The Morgan fingerprint density at radius 2 is 2.30 bits per heavy atom. The van der Waals surface area contributed by atoms with Crippen LogP contribution in [-0.2, 0) is 4.74 Å². The molecule has 0 bridgehead atoms. The van der Waals surface area contributed by atoms with E-state index in [9.17, 15) is 4.79 Å². The minimum absolute atomic E-state index is 0.220. The van der Waals surface area contributed by atoms with Gasteiger partial charge in [-0.2, -0.15) is 5.10 Å². The molecule has 20 heavy (non-hydrogen) atoms. The minimum Gasteiger partial charge on any atom is -0.461 e. The van der Waals surface area contributed by atoms with Crippen LogP contribution in [0.4, 0.5) is 0 Å². The molecule has 3 aromatic heterocycles. The lowest BCUT2D eigenvalue weighted by Gasteiger charge is -2.00. The molecule has 7 heteroatoms. The van der Waals surface area contributed by atoms with Gasteiger partial charge in [-0.15, -0.1) is 0 Å².